The molecule has 1 N–H and O–H groups in total. The highest BCUT2D eigenvalue weighted by Crippen LogP contribution is 2.19. The van der Waals surface area contributed by atoms with Gasteiger partial charge in [0.25, 0.3) is 0 Å². The number of rotatable bonds is 3. The van der Waals surface area contributed by atoms with Gasteiger partial charge < -0.3 is 10.2 Å². The van der Waals surface area contributed by atoms with Gasteiger partial charge in [0.05, 0.1) is 11.3 Å². The Morgan fingerprint density at radius 1 is 1.59 bits per heavy atom. The van der Waals surface area contributed by atoms with Crippen LogP contribution < -0.4 is 5.32 Å². The summed E-state index contributed by atoms with van der Waals surface area (Å²) in [7, 11) is 2.11. The van der Waals surface area contributed by atoms with Crippen molar-refractivity contribution < 1.29 is 4.39 Å². The zero-order valence-corrected chi connectivity index (χ0v) is 9.91. The summed E-state index contributed by atoms with van der Waals surface area (Å²) in [5.74, 6) is 0.240. The molecule has 1 aliphatic rings. The first-order chi connectivity index (χ1) is 8.19. The third-order valence-corrected chi connectivity index (χ3v) is 3.17. The van der Waals surface area contributed by atoms with Crippen LogP contribution in [0.1, 0.15) is 12.0 Å². The number of hydrogen-bond donors (Lipinski definition) is 1. The van der Waals surface area contributed by atoms with Crippen LogP contribution in [0.2, 0.25) is 0 Å². The van der Waals surface area contributed by atoms with E-state index in [-0.39, 0.29) is 5.82 Å². The molecule has 0 aromatic heterocycles. The molecule has 1 aromatic rings. The van der Waals surface area contributed by atoms with Gasteiger partial charge in [-0.25, -0.2) is 4.39 Å². The number of anilines is 1. The number of halogens is 1. The van der Waals surface area contributed by atoms with Crippen LogP contribution in [0.3, 0.4) is 0 Å². The SMILES string of the molecule is CN1CCC(CNc2ccc(F)cc2C#N)C1. The van der Waals surface area contributed by atoms with Crippen molar-refractivity contribution in [2.24, 2.45) is 5.92 Å². The highest BCUT2D eigenvalue weighted by atomic mass is 19.1. The molecule has 2 rings (SSSR count). The molecule has 90 valence electrons. The van der Waals surface area contributed by atoms with E-state index in [1.807, 2.05) is 6.07 Å². The van der Waals surface area contributed by atoms with Crippen LogP contribution in [0.15, 0.2) is 18.2 Å². The fraction of sp³-hybridized carbons (Fsp3) is 0.462. The van der Waals surface area contributed by atoms with Crippen LogP contribution >= 0.6 is 0 Å². The molecule has 4 heteroatoms. The lowest BCUT2D eigenvalue weighted by molar-refractivity contribution is 0.399. The standard InChI is InChI=1S/C13H16FN3/c1-17-5-4-10(9-17)8-16-13-3-2-12(14)6-11(13)7-15/h2-3,6,10,16H,4-5,8-9H2,1H3. The minimum atomic E-state index is -0.368. The maximum Gasteiger partial charge on any atom is 0.124 e. The minimum absolute atomic E-state index is 0.368. The predicted molar refractivity (Wildman–Crippen MR) is 65.2 cm³/mol. The van der Waals surface area contributed by atoms with Gasteiger partial charge >= 0.3 is 0 Å². The van der Waals surface area contributed by atoms with Gasteiger partial charge in [-0.3, -0.25) is 0 Å². The first-order valence-corrected chi connectivity index (χ1v) is 5.81. The molecule has 17 heavy (non-hydrogen) atoms. The maximum absolute atomic E-state index is 12.9. The first-order valence-electron chi connectivity index (χ1n) is 5.81. The van der Waals surface area contributed by atoms with E-state index in [0.29, 0.717) is 11.5 Å². The summed E-state index contributed by atoms with van der Waals surface area (Å²) in [4.78, 5) is 2.29. The Bertz CT molecular complexity index is 439. The van der Waals surface area contributed by atoms with Crippen molar-refractivity contribution in [3.8, 4) is 6.07 Å². The smallest absolute Gasteiger partial charge is 0.124 e. The minimum Gasteiger partial charge on any atom is -0.384 e. The highest BCUT2D eigenvalue weighted by molar-refractivity contribution is 5.57. The number of nitrogens with zero attached hydrogens (tertiary/aromatic N) is 2. The lowest BCUT2D eigenvalue weighted by atomic mass is 10.1. The van der Waals surface area contributed by atoms with Crippen molar-refractivity contribution in [3.63, 3.8) is 0 Å². The zero-order chi connectivity index (χ0) is 12.3. The van der Waals surface area contributed by atoms with E-state index in [1.165, 1.54) is 18.6 Å². The van der Waals surface area contributed by atoms with E-state index >= 15 is 0 Å². The van der Waals surface area contributed by atoms with Gasteiger partial charge in [-0.05, 0) is 44.1 Å². The number of hydrogen-bond acceptors (Lipinski definition) is 3. The molecule has 0 radical (unpaired) electrons. The lowest BCUT2D eigenvalue weighted by Crippen LogP contribution is -2.19. The van der Waals surface area contributed by atoms with Crippen molar-refractivity contribution in [3.05, 3.63) is 29.6 Å². The number of benzene rings is 1. The molecule has 0 amide bonds. The molecular weight excluding hydrogens is 217 g/mol. The average Bonchev–Trinajstić information content (AvgIpc) is 2.73. The fourth-order valence-electron chi connectivity index (χ4n) is 2.21. The van der Waals surface area contributed by atoms with E-state index in [1.54, 1.807) is 6.07 Å². The zero-order valence-electron chi connectivity index (χ0n) is 9.91. The highest BCUT2D eigenvalue weighted by Gasteiger charge is 2.19. The van der Waals surface area contributed by atoms with Crippen LogP contribution in [0, 0.1) is 23.1 Å². The third-order valence-electron chi connectivity index (χ3n) is 3.17. The van der Waals surface area contributed by atoms with E-state index < -0.39 is 0 Å². The number of nitrogens with one attached hydrogen (secondary N) is 1. The number of likely N-dealkylation sites (tertiary alicyclic amines) is 1. The Morgan fingerprint density at radius 2 is 2.41 bits per heavy atom. The second-order valence-electron chi connectivity index (χ2n) is 4.60. The molecule has 0 spiro atoms. The Morgan fingerprint density at radius 3 is 3.06 bits per heavy atom. The van der Waals surface area contributed by atoms with Crippen LogP contribution in [0.4, 0.5) is 10.1 Å². The van der Waals surface area contributed by atoms with E-state index in [0.717, 1.165) is 25.3 Å². The molecule has 1 heterocycles. The molecular formula is C13H16FN3. The molecule has 0 saturated carbocycles. The molecule has 1 aromatic carbocycles. The van der Waals surface area contributed by atoms with E-state index in [4.69, 9.17) is 5.26 Å². The van der Waals surface area contributed by atoms with E-state index in [2.05, 4.69) is 17.3 Å². The Kier molecular flexibility index (Phi) is 3.60. The van der Waals surface area contributed by atoms with Crippen LogP contribution in [-0.2, 0) is 0 Å². The molecule has 1 aliphatic heterocycles. The Balaban J connectivity index is 1.97. The third kappa shape index (κ3) is 2.95. The van der Waals surface area contributed by atoms with Crippen molar-refractivity contribution in [2.45, 2.75) is 6.42 Å². The molecule has 0 aliphatic carbocycles. The first kappa shape index (κ1) is 11.9. The summed E-state index contributed by atoms with van der Waals surface area (Å²) in [5, 5.41) is 12.2. The number of nitriles is 1. The van der Waals surface area contributed by atoms with E-state index in [9.17, 15) is 4.39 Å². The molecule has 0 bridgehead atoms. The average molecular weight is 233 g/mol. The summed E-state index contributed by atoms with van der Waals surface area (Å²) in [5.41, 5.74) is 1.10. The quantitative estimate of drug-likeness (QED) is 0.868. The van der Waals surface area contributed by atoms with Gasteiger partial charge in [-0.15, -0.1) is 0 Å². The van der Waals surface area contributed by atoms with Crippen LogP contribution in [0.5, 0.6) is 0 Å². The van der Waals surface area contributed by atoms with Gasteiger partial charge in [0, 0.05) is 13.1 Å². The van der Waals surface area contributed by atoms with Crippen LogP contribution in [-0.4, -0.2) is 31.6 Å². The molecule has 1 unspecified atom stereocenters. The predicted octanol–water partition coefficient (Wildman–Crippen LogP) is 2.06. The molecule has 1 fully saturated rings. The lowest BCUT2D eigenvalue weighted by Gasteiger charge is -2.13. The summed E-state index contributed by atoms with van der Waals surface area (Å²) in [6.07, 6.45) is 1.17. The summed E-state index contributed by atoms with van der Waals surface area (Å²) in [6.45, 7) is 3.04. The van der Waals surface area contributed by atoms with Crippen molar-refractivity contribution in [1.29, 1.82) is 5.26 Å². The summed E-state index contributed by atoms with van der Waals surface area (Å²) in [6, 6.07) is 6.29. The van der Waals surface area contributed by atoms with Crippen LogP contribution in [0.25, 0.3) is 0 Å². The van der Waals surface area contributed by atoms with Gasteiger partial charge in [-0.2, -0.15) is 5.26 Å². The second-order valence-corrected chi connectivity index (χ2v) is 4.60. The van der Waals surface area contributed by atoms with Crippen molar-refractivity contribution in [1.82, 2.24) is 4.90 Å². The second kappa shape index (κ2) is 5.15. The summed E-state index contributed by atoms with van der Waals surface area (Å²) >= 11 is 0. The van der Waals surface area contributed by atoms with Gasteiger partial charge in [-0.1, -0.05) is 0 Å². The Hall–Kier alpha value is -1.60. The Labute approximate surface area is 101 Å². The van der Waals surface area contributed by atoms with Crippen molar-refractivity contribution in [2.75, 3.05) is 32.0 Å². The monoisotopic (exact) mass is 233 g/mol. The largest absolute Gasteiger partial charge is 0.384 e. The maximum atomic E-state index is 12.9. The van der Waals surface area contributed by atoms with Gasteiger partial charge in [0.2, 0.25) is 0 Å². The van der Waals surface area contributed by atoms with Crippen molar-refractivity contribution >= 4 is 5.69 Å². The van der Waals surface area contributed by atoms with Gasteiger partial charge in [0.1, 0.15) is 11.9 Å². The normalized spacial score (nSPS) is 20.2. The fourth-order valence-corrected chi connectivity index (χ4v) is 2.21. The molecule has 1 atom stereocenters. The van der Waals surface area contributed by atoms with Gasteiger partial charge in [0.15, 0.2) is 0 Å². The molecule has 1 saturated heterocycles. The topological polar surface area (TPSA) is 39.1 Å². The summed E-state index contributed by atoms with van der Waals surface area (Å²) < 4.78 is 12.9. The molecule has 3 nitrogen and oxygen atoms in total.